The third-order valence-corrected chi connectivity index (χ3v) is 2.86. The third kappa shape index (κ3) is 3.62. The summed E-state index contributed by atoms with van der Waals surface area (Å²) < 4.78 is 5.24. The number of hydrogen-bond donors (Lipinski definition) is 1. The Morgan fingerprint density at radius 1 is 1.19 bits per heavy atom. The van der Waals surface area contributed by atoms with Crippen LogP contribution in [0.2, 0.25) is 0 Å². The summed E-state index contributed by atoms with van der Waals surface area (Å²) in [6, 6.07) is 6.39. The first-order valence-electron chi connectivity index (χ1n) is 5.84. The average Bonchev–Trinajstić information content (AvgIpc) is 2.17. The SMILES string of the molecule is CCC(OC)C(O)Cc1cc(C)cc(C)c1. The smallest absolute Gasteiger partial charge is 0.0841 e. The molecule has 1 rings (SSSR count). The molecule has 0 radical (unpaired) electrons. The first-order chi connectivity index (χ1) is 7.56. The minimum Gasteiger partial charge on any atom is -0.390 e. The molecular weight excluding hydrogens is 200 g/mol. The van der Waals surface area contributed by atoms with Crippen molar-refractivity contribution >= 4 is 0 Å². The van der Waals surface area contributed by atoms with Crippen LogP contribution in [-0.4, -0.2) is 24.4 Å². The number of aliphatic hydroxyl groups is 1. The lowest BCUT2D eigenvalue weighted by Crippen LogP contribution is -2.29. The molecule has 1 aromatic carbocycles. The Morgan fingerprint density at radius 3 is 2.19 bits per heavy atom. The first-order valence-corrected chi connectivity index (χ1v) is 5.84. The standard InChI is InChI=1S/C14H22O2/c1-5-14(16-4)13(15)9-12-7-10(2)6-11(3)8-12/h6-8,13-15H,5,9H2,1-4H3. The van der Waals surface area contributed by atoms with E-state index in [1.807, 2.05) is 6.92 Å². The van der Waals surface area contributed by atoms with E-state index in [2.05, 4.69) is 32.0 Å². The quantitative estimate of drug-likeness (QED) is 0.830. The van der Waals surface area contributed by atoms with Crippen molar-refractivity contribution in [3.63, 3.8) is 0 Å². The average molecular weight is 222 g/mol. The number of aryl methyl sites for hydroxylation is 2. The Morgan fingerprint density at radius 2 is 1.75 bits per heavy atom. The zero-order valence-electron chi connectivity index (χ0n) is 10.7. The lowest BCUT2D eigenvalue weighted by molar-refractivity contribution is -0.0128. The van der Waals surface area contributed by atoms with Crippen LogP contribution < -0.4 is 0 Å². The predicted molar refractivity (Wildman–Crippen MR) is 66.7 cm³/mol. The van der Waals surface area contributed by atoms with Gasteiger partial charge in [0.2, 0.25) is 0 Å². The molecule has 0 saturated heterocycles. The molecule has 0 saturated carbocycles. The van der Waals surface area contributed by atoms with Crippen LogP contribution in [0.3, 0.4) is 0 Å². The molecule has 0 aliphatic rings. The highest BCUT2D eigenvalue weighted by atomic mass is 16.5. The largest absolute Gasteiger partial charge is 0.390 e. The lowest BCUT2D eigenvalue weighted by atomic mass is 9.99. The van der Waals surface area contributed by atoms with Crippen molar-refractivity contribution in [3.05, 3.63) is 34.9 Å². The second-order valence-corrected chi connectivity index (χ2v) is 4.45. The van der Waals surface area contributed by atoms with Gasteiger partial charge in [0.25, 0.3) is 0 Å². The molecular formula is C14H22O2. The van der Waals surface area contributed by atoms with Crippen LogP contribution in [0, 0.1) is 13.8 Å². The number of rotatable bonds is 5. The van der Waals surface area contributed by atoms with Crippen LogP contribution in [0.25, 0.3) is 0 Å². The number of benzene rings is 1. The molecule has 0 aliphatic heterocycles. The van der Waals surface area contributed by atoms with E-state index in [1.165, 1.54) is 16.7 Å². The van der Waals surface area contributed by atoms with Crippen molar-refractivity contribution in [1.82, 2.24) is 0 Å². The molecule has 2 nitrogen and oxygen atoms in total. The van der Waals surface area contributed by atoms with Gasteiger partial charge in [-0.05, 0) is 25.8 Å². The van der Waals surface area contributed by atoms with E-state index in [-0.39, 0.29) is 6.10 Å². The van der Waals surface area contributed by atoms with Gasteiger partial charge in [0, 0.05) is 13.5 Å². The molecule has 0 aromatic heterocycles. The van der Waals surface area contributed by atoms with Gasteiger partial charge in [-0.15, -0.1) is 0 Å². The van der Waals surface area contributed by atoms with E-state index in [9.17, 15) is 5.11 Å². The van der Waals surface area contributed by atoms with Crippen molar-refractivity contribution in [3.8, 4) is 0 Å². The summed E-state index contributed by atoms with van der Waals surface area (Å²) in [5.41, 5.74) is 3.67. The number of hydrogen-bond acceptors (Lipinski definition) is 2. The number of ether oxygens (including phenoxy) is 1. The first kappa shape index (κ1) is 13.2. The molecule has 0 spiro atoms. The molecule has 2 atom stereocenters. The van der Waals surface area contributed by atoms with Gasteiger partial charge >= 0.3 is 0 Å². The van der Waals surface area contributed by atoms with Crippen molar-refractivity contribution < 1.29 is 9.84 Å². The van der Waals surface area contributed by atoms with Crippen molar-refractivity contribution in [2.24, 2.45) is 0 Å². The van der Waals surface area contributed by atoms with E-state index >= 15 is 0 Å². The van der Waals surface area contributed by atoms with Gasteiger partial charge in [-0.25, -0.2) is 0 Å². The normalized spacial score (nSPS) is 14.8. The minimum atomic E-state index is -0.420. The molecule has 0 amide bonds. The highest BCUT2D eigenvalue weighted by Gasteiger charge is 2.17. The van der Waals surface area contributed by atoms with Crippen molar-refractivity contribution in [2.75, 3.05) is 7.11 Å². The fourth-order valence-electron chi connectivity index (χ4n) is 2.16. The Kier molecular flexibility index (Phi) is 4.97. The molecule has 16 heavy (non-hydrogen) atoms. The summed E-state index contributed by atoms with van der Waals surface area (Å²) in [4.78, 5) is 0. The number of methoxy groups -OCH3 is 1. The second-order valence-electron chi connectivity index (χ2n) is 4.45. The highest BCUT2D eigenvalue weighted by molar-refractivity contribution is 5.29. The molecule has 2 unspecified atom stereocenters. The molecule has 90 valence electrons. The van der Waals surface area contributed by atoms with E-state index in [0.29, 0.717) is 6.42 Å². The molecule has 0 aliphatic carbocycles. The van der Waals surface area contributed by atoms with Gasteiger partial charge in [-0.3, -0.25) is 0 Å². The molecule has 0 fully saturated rings. The van der Waals surface area contributed by atoms with Gasteiger partial charge in [0.1, 0.15) is 0 Å². The van der Waals surface area contributed by atoms with Crippen LogP contribution in [-0.2, 0) is 11.2 Å². The monoisotopic (exact) mass is 222 g/mol. The Bertz CT molecular complexity index is 309. The van der Waals surface area contributed by atoms with Crippen LogP contribution >= 0.6 is 0 Å². The van der Waals surface area contributed by atoms with Crippen molar-refractivity contribution in [2.45, 2.75) is 45.8 Å². The third-order valence-electron chi connectivity index (χ3n) is 2.86. The maximum Gasteiger partial charge on any atom is 0.0841 e. The van der Waals surface area contributed by atoms with Gasteiger partial charge in [0.15, 0.2) is 0 Å². The molecule has 0 bridgehead atoms. The zero-order valence-corrected chi connectivity index (χ0v) is 10.7. The van der Waals surface area contributed by atoms with E-state index < -0.39 is 6.10 Å². The zero-order chi connectivity index (χ0) is 12.1. The van der Waals surface area contributed by atoms with Gasteiger partial charge in [-0.1, -0.05) is 36.2 Å². The van der Waals surface area contributed by atoms with Crippen LogP contribution in [0.4, 0.5) is 0 Å². The summed E-state index contributed by atoms with van der Waals surface area (Å²) in [5.74, 6) is 0. The summed E-state index contributed by atoms with van der Waals surface area (Å²) in [6.45, 7) is 6.19. The summed E-state index contributed by atoms with van der Waals surface area (Å²) in [5, 5.41) is 10.0. The summed E-state index contributed by atoms with van der Waals surface area (Å²) >= 11 is 0. The molecule has 2 heteroatoms. The summed E-state index contributed by atoms with van der Waals surface area (Å²) in [6.07, 6.45) is 1.01. The second kappa shape index (κ2) is 6.02. The van der Waals surface area contributed by atoms with E-state index in [0.717, 1.165) is 6.42 Å². The van der Waals surface area contributed by atoms with Crippen LogP contribution in [0.15, 0.2) is 18.2 Å². The lowest BCUT2D eigenvalue weighted by Gasteiger charge is -2.20. The maximum atomic E-state index is 10.0. The van der Waals surface area contributed by atoms with Gasteiger partial charge in [-0.2, -0.15) is 0 Å². The fraction of sp³-hybridized carbons (Fsp3) is 0.571. The highest BCUT2D eigenvalue weighted by Crippen LogP contribution is 2.14. The van der Waals surface area contributed by atoms with Crippen LogP contribution in [0.5, 0.6) is 0 Å². The summed E-state index contributed by atoms with van der Waals surface area (Å²) in [7, 11) is 1.65. The molecule has 0 heterocycles. The minimum absolute atomic E-state index is 0.0687. The van der Waals surface area contributed by atoms with Crippen LogP contribution in [0.1, 0.15) is 30.0 Å². The topological polar surface area (TPSA) is 29.5 Å². The van der Waals surface area contributed by atoms with E-state index in [4.69, 9.17) is 4.74 Å². The van der Waals surface area contributed by atoms with Gasteiger partial charge in [0.05, 0.1) is 12.2 Å². The maximum absolute atomic E-state index is 10.0. The predicted octanol–water partition coefficient (Wildman–Crippen LogP) is 2.63. The van der Waals surface area contributed by atoms with E-state index in [1.54, 1.807) is 7.11 Å². The van der Waals surface area contributed by atoms with Crippen molar-refractivity contribution in [1.29, 1.82) is 0 Å². The molecule has 1 aromatic rings. The molecule has 1 N–H and O–H groups in total. The Labute approximate surface area is 98.3 Å². The number of aliphatic hydroxyl groups excluding tert-OH is 1. The Balaban J connectivity index is 2.72. The fourth-order valence-corrected chi connectivity index (χ4v) is 2.16. The van der Waals surface area contributed by atoms with Gasteiger partial charge < -0.3 is 9.84 Å². The Hall–Kier alpha value is -0.860.